The molecule has 63 heavy (non-hydrogen) atoms. The summed E-state index contributed by atoms with van der Waals surface area (Å²) in [5, 5.41) is 33.2. The van der Waals surface area contributed by atoms with E-state index in [9.17, 15) is 9.90 Å². The number of carbonyl (C=O) groups is 1. The third-order valence-electron chi connectivity index (χ3n) is 6.73. The van der Waals surface area contributed by atoms with Crippen LogP contribution in [0.4, 0.5) is 0 Å². The molecule has 0 aliphatic heterocycles. The quantitative estimate of drug-likeness (QED) is 0.0595. The molecule has 0 aliphatic rings. The second-order valence-corrected chi connectivity index (χ2v) is 12.2. The predicted octanol–water partition coefficient (Wildman–Crippen LogP) is 16.4. The van der Waals surface area contributed by atoms with E-state index in [2.05, 4.69) is 72.9 Å². The van der Waals surface area contributed by atoms with Crippen molar-refractivity contribution in [1.29, 1.82) is 0 Å². The zero-order chi connectivity index (χ0) is 42.8. The van der Waals surface area contributed by atoms with Crippen molar-refractivity contribution in [1.82, 2.24) is 10.6 Å². The van der Waals surface area contributed by atoms with Gasteiger partial charge in [0.15, 0.2) is 0 Å². The Morgan fingerprint density at radius 3 is 1.03 bits per heavy atom. The average Bonchev–Trinajstić information content (AvgIpc) is 3.16. The van der Waals surface area contributed by atoms with Gasteiger partial charge in [0.2, 0.25) is 5.91 Å². The van der Waals surface area contributed by atoms with Crippen molar-refractivity contribution < 1.29 is 39.2 Å². The summed E-state index contributed by atoms with van der Waals surface area (Å²) >= 11 is 0. The first-order valence-electron chi connectivity index (χ1n) is 21.6. The van der Waals surface area contributed by atoms with Crippen LogP contribution in [0.1, 0.15) is 280 Å². The van der Waals surface area contributed by atoms with Crippen molar-refractivity contribution in [2.45, 2.75) is 299 Å². The first-order valence-corrected chi connectivity index (χ1v) is 21.6. The molecule has 0 fully saturated rings. The van der Waals surface area contributed by atoms with Crippen LogP contribution in [0.2, 0.25) is 0 Å². The van der Waals surface area contributed by atoms with Crippen LogP contribution < -0.4 is 10.6 Å². The van der Waals surface area contributed by atoms with Gasteiger partial charge in [0, 0.05) is 26.2 Å². The second-order valence-electron chi connectivity index (χ2n) is 12.2. The fourth-order valence-electron chi connectivity index (χ4n) is 3.31. The molecule has 0 bridgehead atoms. The van der Waals surface area contributed by atoms with Gasteiger partial charge in [-0.1, -0.05) is 221 Å². The molecular weight excluding hydrogens is 793 g/mol. The SMILES string of the molecule is C.C.C.C.C.C.C.C.C.C.CCCC.CCCC(O)COCC.CCCCC.CCCCC(O)COCC.CCCCCC(O)CC.CCCNCC.CCNC(=O)CC.O=C=O. The Bertz CT molecular complexity index is 567. The number of carbonyl (C=O) groups excluding carboxylic acids is 3. The van der Waals surface area contributed by atoms with Gasteiger partial charge in [-0.25, -0.2) is 0 Å². The zero-order valence-electron chi connectivity index (χ0n) is 38.1. The Labute approximate surface area is 405 Å². The fraction of sp³-hybridized carbons (Fsp3) is 0.962. The molecule has 0 radical (unpaired) electrons. The van der Waals surface area contributed by atoms with E-state index in [4.69, 9.17) is 29.3 Å². The molecule has 0 rings (SSSR count). The van der Waals surface area contributed by atoms with Crippen molar-refractivity contribution in [3.05, 3.63) is 0 Å². The van der Waals surface area contributed by atoms with Crippen LogP contribution in [0.3, 0.4) is 0 Å². The van der Waals surface area contributed by atoms with E-state index in [0.29, 0.717) is 32.8 Å². The molecule has 0 saturated heterocycles. The van der Waals surface area contributed by atoms with E-state index in [0.717, 1.165) is 64.6 Å². The van der Waals surface area contributed by atoms with Gasteiger partial charge in [0.25, 0.3) is 0 Å². The first-order chi connectivity index (χ1) is 25.4. The third kappa shape index (κ3) is 208. The van der Waals surface area contributed by atoms with Crippen LogP contribution in [-0.4, -0.2) is 91.8 Å². The molecule has 0 aliphatic carbocycles. The van der Waals surface area contributed by atoms with Crippen LogP contribution in [0.5, 0.6) is 0 Å². The van der Waals surface area contributed by atoms with Crippen LogP contribution in [0.15, 0.2) is 0 Å². The molecule has 408 valence electrons. The lowest BCUT2D eigenvalue weighted by Crippen LogP contribution is -2.20. The maximum absolute atomic E-state index is 10.3. The molecule has 1 amide bonds. The molecular formula is C53H138N2O8. The highest BCUT2D eigenvalue weighted by Gasteiger charge is 2.01. The molecule has 5 N–H and O–H groups in total. The zero-order valence-corrected chi connectivity index (χ0v) is 38.1. The highest BCUT2D eigenvalue weighted by atomic mass is 16.5. The number of rotatable bonds is 24. The minimum absolute atomic E-state index is 0. The van der Waals surface area contributed by atoms with E-state index in [-0.39, 0.29) is 105 Å². The molecule has 0 spiro atoms. The summed E-state index contributed by atoms with van der Waals surface area (Å²) in [6.07, 6.45) is 18.8. The number of nitrogens with one attached hydrogen (secondary N) is 2. The molecule has 10 nitrogen and oxygen atoms in total. The summed E-state index contributed by atoms with van der Waals surface area (Å²) in [7, 11) is 0. The smallest absolute Gasteiger partial charge is 0.373 e. The summed E-state index contributed by atoms with van der Waals surface area (Å²) in [5.74, 6) is 0.127. The third-order valence-corrected chi connectivity index (χ3v) is 6.73. The minimum atomic E-state index is -0.255. The number of hydrogen-bond donors (Lipinski definition) is 5. The van der Waals surface area contributed by atoms with Gasteiger partial charge < -0.3 is 35.4 Å². The van der Waals surface area contributed by atoms with Crippen molar-refractivity contribution in [3.8, 4) is 0 Å². The standard InChI is InChI=1S/C8H18O2.C8H18O.C7H16O2.C5H11NO.C5H13N.C5H12.C4H10.CO2.10CH4/c1-3-5-6-8(9)7-10-4-2;1-3-5-6-7-8(9)4-2;1-3-5-7(8)6-9-4-2;1-3-5(7)6-4-2;1-3-5-6-4-2;1-3-5-4-2;1-3-4-2;2-1-3;;;;;;;;;;/h8-9H,3-7H2,1-2H3;8-9H,3-7H2,1-2H3;7-8H,3-6H2,1-2H3;3-4H2,1-2H3,(H,6,7);6H,3-5H2,1-2H3;3-5H2,1-2H3;3-4H2,1-2H3;;10*1H4. The molecule has 10 heteroatoms. The van der Waals surface area contributed by atoms with Gasteiger partial charge in [-0.05, 0) is 66.0 Å². The number of hydrogen-bond acceptors (Lipinski definition) is 9. The molecule has 0 heterocycles. The number of aliphatic hydroxyl groups excluding tert-OH is 3. The van der Waals surface area contributed by atoms with Gasteiger partial charge in [-0.2, -0.15) is 9.59 Å². The first kappa shape index (κ1) is 119. The number of aliphatic hydroxyl groups is 3. The molecule has 0 aromatic carbocycles. The van der Waals surface area contributed by atoms with Crippen LogP contribution in [0, 0.1) is 0 Å². The second kappa shape index (κ2) is 137. The van der Waals surface area contributed by atoms with Crippen molar-refractivity contribution in [2.24, 2.45) is 0 Å². The average molecular weight is 932 g/mol. The van der Waals surface area contributed by atoms with Crippen molar-refractivity contribution in [2.75, 3.05) is 46.1 Å². The van der Waals surface area contributed by atoms with Gasteiger partial charge in [-0.15, -0.1) is 0 Å². The van der Waals surface area contributed by atoms with Gasteiger partial charge in [0.05, 0.1) is 31.5 Å². The number of amides is 1. The maximum Gasteiger partial charge on any atom is 0.373 e. The van der Waals surface area contributed by atoms with Gasteiger partial charge >= 0.3 is 6.15 Å². The van der Waals surface area contributed by atoms with E-state index >= 15 is 0 Å². The largest absolute Gasteiger partial charge is 0.393 e. The summed E-state index contributed by atoms with van der Waals surface area (Å²) in [5.41, 5.74) is 0. The molecule has 0 aromatic rings. The Hall–Kier alpha value is -1.39. The maximum atomic E-state index is 10.3. The van der Waals surface area contributed by atoms with Gasteiger partial charge in [0.1, 0.15) is 0 Å². The molecule has 0 saturated carbocycles. The minimum Gasteiger partial charge on any atom is -0.393 e. The topological polar surface area (TPSA) is 154 Å². The lowest BCUT2D eigenvalue weighted by molar-refractivity contribution is -0.191. The van der Waals surface area contributed by atoms with Crippen molar-refractivity contribution >= 4 is 12.1 Å². The normalized spacial score (nSPS) is 9.10. The summed E-state index contributed by atoms with van der Waals surface area (Å²) in [6, 6.07) is 0. The number of unbranched alkanes of at least 4 members (excludes halogenated alkanes) is 6. The summed E-state index contributed by atoms with van der Waals surface area (Å²) < 4.78 is 10.0. The van der Waals surface area contributed by atoms with Crippen molar-refractivity contribution in [3.63, 3.8) is 0 Å². The summed E-state index contributed by atoms with van der Waals surface area (Å²) in [6.45, 7) is 34.5. The Balaban J connectivity index is -0.0000000229. The Kier molecular flexibility index (Phi) is 259. The molecule has 3 unspecified atom stereocenters. The van der Waals surface area contributed by atoms with E-state index in [1.54, 1.807) is 0 Å². The highest BCUT2D eigenvalue weighted by Crippen LogP contribution is 2.05. The number of ether oxygens (including phenoxy) is 2. The fourth-order valence-corrected chi connectivity index (χ4v) is 3.31. The summed E-state index contributed by atoms with van der Waals surface area (Å²) in [4.78, 5) is 26.6. The Morgan fingerprint density at radius 1 is 0.460 bits per heavy atom. The predicted molar refractivity (Wildman–Crippen MR) is 296 cm³/mol. The van der Waals surface area contributed by atoms with E-state index in [1.807, 2.05) is 34.6 Å². The van der Waals surface area contributed by atoms with Crippen LogP contribution >= 0.6 is 0 Å². The van der Waals surface area contributed by atoms with E-state index < -0.39 is 0 Å². The lowest BCUT2D eigenvalue weighted by Gasteiger charge is -2.08. The van der Waals surface area contributed by atoms with E-state index in [1.165, 1.54) is 57.8 Å². The molecule has 0 aromatic heterocycles. The van der Waals surface area contributed by atoms with Crippen LogP contribution in [0.25, 0.3) is 0 Å². The Morgan fingerprint density at radius 2 is 0.825 bits per heavy atom. The monoisotopic (exact) mass is 931 g/mol. The lowest BCUT2D eigenvalue weighted by atomic mass is 10.1. The molecule has 3 atom stereocenters. The van der Waals surface area contributed by atoms with Gasteiger partial charge in [-0.3, -0.25) is 4.79 Å². The van der Waals surface area contributed by atoms with Crippen LogP contribution in [-0.2, 0) is 23.9 Å². The highest BCUT2D eigenvalue weighted by molar-refractivity contribution is 5.75.